The van der Waals surface area contributed by atoms with E-state index in [1.54, 1.807) is 0 Å². The van der Waals surface area contributed by atoms with Gasteiger partial charge in [0.05, 0.1) is 0 Å². The van der Waals surface area contributed by atoms with E-state index in [0.717, 1.165) is 17.5 Å². The second-order valence-corrected chi connectivity index (χ2v) is 6.25. The van der Waals surface area contributed by atoms with Crippen molar-refractivity contribution in [3.63, 3.8) is 0 Å². The van der Waals surface area contributed by atoms with Crippen LogP contribution in [-0.2, 0) is 6.54 Å². The Bertz CT molecular complexity index is 547. The van der Waals surface area contributed by atoms with E-state index < -0.39 is 0 Å². The van der Waals surface area contributed by atoms with E-state index in [1.807, 2.05) is 30.6 Å². The molecule has 1 aromatic carbocycles. The van der Waals surface area contributed by atoms with E-state index in [2.05, 4.69) is 28.5 Å². The van der Waals surface area contributed by atoms with Gasteiger partial charge in [-0.05, 0) is 48.1 Å². The fourth-order valence-corrected chi connectivity index (χ4v) is 3.37. The summed E-state index contributed by atoms with van der Waals surface area (Å²) in [5, 5.41) is 4.53. The average Bonchev–Trinajstić information content (AvgIpc) is 3.04. The second-order valence-electron chi connectivity index (χ2n) is 5.82. The van der Waals surface area contributed by atoms with E-state index in [0.29, 0.717) is 6.04 Å². The Balaban J connectivity index is 1.74. The molecule has 2 nitrogen and oxygen atoms in total. The van der Waals surface area contributed by atoms with Gasteiger partial charge in [0.25, 0.3) is 0 Å². The van der Waals surface area contributed by atoms with Gasteiger partial charge in [-0.1, -0.05) is 42.6 Å². The molecular weight excluding hydrogens is 280 g/mol. The summed E-state index contributed by atoms with van der Waals surface area (Å²) in [4.78, 5) is 4.19. The molecule has 0 aliphatic heterocycles. The van der Waals surface area contributed by atoms with Crippen LogP contribution in [0.2, 0.25) is 5.02 Å². The number of hydrogen-bond donors (Lipinski definition) is 1. The maximum atomic E-state index is 6.02. The normalized spacial score (nSPS) is 17.0. The topological polar surface area (TPSA) is 24.9 Å². The molecule has 1 atom stereocenters. The van der Waals surface area contributed by atoms with Gasteiger partial charge in [0, 0.05) is 30.0 Å². The van der Waals surface area contributed by atoms with E-state index >= 15 is 0 Å². The molecule has 1 aliphatic carbocycles. The van der Waals surface area contributed by atoms with Gasteiger partial charge in [-0.2, -0.15) is 0 Å². The molecule has 0 amide bonds. The minimum absolute atomic E-state index is 0.407. The van der Waals surface area contributed by atoms with E-state index in [-0.39, 0.29) is 0 Å². The number of halogens is 1. The van der Waals surface area contributed by atoms with Crippen LogP contribution in [0.3, 0.4) is 0 Å². The lowest BCUT2D eigenvalue weighted by Crippen LogP contribution is -2.26. The first-order chi connectivity index (χ1) is 10.3. The summed E-state index contributed by atoms with van der Waals surface area (Å²) in [6.45, 7) is 0.859. The number of benzene rings is 1. The number of nitrogens with zero attached hydrogens (tertiary/aromatic N) is 1. The first-order valence-corrected chi connectivity index (χ1v) is 8.08. The molecule has 0 spiro atoms. The van der Waals surface area contributed by atoms with Gasteiger partial charge in [-0.25, -0.2) is 0 Å². The first-order valence-electron chi connectivity index (χ1n) is 7.71. The summed E-state index contributed by atoms with van der Waals surface area (Å²) >= 11 is 6.02. The van der Waals surface area contributed by atoms with Crippen LogP contribution in [0.4, 0.5) is 0 Å². The molecule has 110 valence electrons. The number of aromatic nitrogens is 1. The monoisotopic (exact) mass is 300 g/mol. The maximum absolute atomic E-state index is 6.02. The molecule has 1 heterocycles. The molecule has 3 rings (SSSR count). The molecule has 1 saturated carbocycles. The summed E-state index contributed by atoms with van der Waals surface area (Å²) in [6, 6.07) is 12.8. The Morgan fingerprint density at radius 1 is 1.14 bits per heavy atom. The van der Waals surface area contributed by atoms with Gasteiger partial charge in [0.15, 0.2) is 0 Å². The molecule has 1 N–H and O–H groups in total. The molecule has 0 radical (unpaired) electrons. The lowest BCUT2D eigenvalue weighted by molar-refractivity contribution is 0.366. The van der Waals surface area contributed by atoms with E-state index in [4.69, 9.17) is 11.6 Å². The van der Waals surface area contributed by atoms with Crippen molar-refractivity contribution in [2.45, 2.75) is 38.3 Å². The number of rotatable bonds is 5. The highest BCUT2D eigenvalue weighted by Gasteiger charge is 2.25. The minimum atomic E-state index is 0.407. The van der Waals surface area contributed by atoms with Crippen LogP contribution in [-0.4, -0.2) is 4.98 Å². The van der Waals surface area contributed by atoms with Crippen molar-refractivity contribution in [3.8, 4) is 0 Å². The van der Waals surface area contributed by atoms with E-state index in [9.17, 15) is 0 Å². The molecule has 2 aromatic rings. The zero-order valence-electron chi connectivity index (χ0n) is 12.1. The van der Waals surface area contributed by atoms with Crippen molar-refractivity contribution in [2.75, 3.05) is 0 Å². The SMILES string of the molecule is Clc1ccc(C(NCc2cccnc2)C2CCCC2)cc1. The standard InChI is InChI=1S/C18H21ClN2/c19-17-9-7-16(8-10-17)18(15-5-1-2-6-15)21-13-14-4-3-11-20-12-14/h3-4,7-12,15,18,21H,1-2,5-6,13H2. The van der Waals surface area contributed by atoms with Crippen LogP contribution >= 0.6 is 11.6 Å². The summed E-state index contributed by atoms with van der Waals surface area (Å²) < 4.78 is 0. The summed E-state index contributed by atoms with van der Waals surface area (Å²) in [7, 11) is 0. The third-order valence-electron chi connectivity index (χ3n) is 4.35. The van der Waals surface area contributed by atoms with Crippen molar-refractivity contribution in [1.82, 2.24) is 10.3 Å². The Morgan fingerprint density at radius 3 is 2.57 bits per heavy atom. The zero-order valence-corrected chi connectivity index (χ0v) is 12.9. The lowest BCUT2D eigenvalue weighted by Gasteiger charge is -2.25. The highest BCUT2D eigenvalue weighted by molar-refractivity contribution is 6.30. The molecular formula is C18H21ClN2. The molecule has 1 fully saturated rings. The first kappa shape index (κ1) is 14.6. The highest BCUT2D eigenvalue weighted by atomic mass is 35.5. The molecule has 1 aliphatic rings. The van der Waals surface area contributed by atoms with Crippen LogP contribution in [0, 0.1) is 5.92 Å². The molecule has 21 heavy (non-hydrogen) atoms. The van der Waals surface area contributed by atoms with Crippen molar-refractivity contribution in [3.05, 3.63) is 64.9 Å². The Kier molecular flexibility index (Phi) is 4.89. The predicted octanol–water partition coefficient (Wildman–Crippen LogP) is 4.76. The van der Waals surface area contributed by atoms with Gasteiger partial charge in [0.2, 0.25) is 0 Å². The van der Waals surface area contributed by atoms with E-state index in [1.165, 1.54) is 36.8 Å². The Labute approximate surface area is 131 Å². The van der Waals surface area contributed by atoms with Crippen molar-refractivity contribution >= 4 is 11.6 Å². The Hall–Kier alpha value is -1.38. The fourth-order valence-electron chi connectivity index (χ4n) is 3.25. The third-order valence-corrected chi connectivity index (χ3v) is 4.60. The summed E-state index contributed by atoms with van der Waals surface area (Å²) in [5.41, 5.74) is 2.57. The van der Waals surface area contributed by atoms with Crippen LogP contribution in [0.1, 0.15) is 42.9 Å². The summed E-state index contributed by atoms with van der Waals surface area (Å²) in [6.07, 6.45) is 9.07. The smallest absolute Gasteiger partial charge is 0.0406 e. The molecule has 3 heteroatoms. The van der Waals surface area contributed by atoms with Gasteiger partial charge >= 0.3 is 0 Å². The minimum Gasteiger partial charge on any atom is -0.306 e. The maximum Gasteiger partial charge on any atom is 0.0406 e. The van der Waals surface area contributed by atoms with Gasteiger partial charge in [-0.15, -0.1) is 0 Å². The largest absolute Gasteiger partial charge is 0.306 e. The van der Waals surface area contributed by atoms with Crippen molar-refractivity contribution < 1.29 is 0 Å². The fraction of sp³-hybridized carbons (Fsp3) is 0.389. The average molecular weight is 301 g/mol. The van der Waals surface area contributed by atoms with Crippen LogP contribution in [0.5, 0.6) is 0 Å². The lowest BCUT2D eigenvalue weighted by atomic mass is 9.91. The molecule has 1 unspecified atom stereocenters. The van der Waals surface area contributed by atoms with Crippen LogP contribution in [0.15, 0.2) is 48.8 Å². The highest BCUT2D eigenvalue weighted by Crippen LogP contribution is 2.36. The zero-order chi connectivity index (χ0) is 14.5. The summed E-state index contributed by atoms with van der Waals surface area (Å²) in [5.74, 6) is 0.725. The predicted molar refractivity (Wildman–Crippen MR) is 87.2 cm³/mol. The molecule has 1 aromatic heterocycles. The Morgan fingerprint density at radius 2 is 1.90 bits per heavy atom. The molecule has 0 bridgehead atoms. The second kappa shape index (κ2) is 7.06. The molecule has 0 saturated heterocycles. The van der Waals surface area contributed by atoms with Crippen LogP contribution in [0.25, 0.3) is 0 Å². The van der Waals surface area contributed by atoms with Crippen molar-refractivity contribution in [2.24, 2.45) is 5.92 Å². The van der Waals surface area contributed by atoms with Crippen LogP contribution < -0.4 is 5.32 Å². The number of hydrogen-bond acceptors (Lipinski definition) is 2. The van der Waals surface area contributed by atoms with Crippen molar-refractivity contribution in [1.29, 1.82) is 0 Å². The van der Waals surface area contributed by atoms with Gasteiger partial charge in [-0.3, -0.25) is 4.98 Å². The quantitative estimate of drug-likeness (QED) is 0.861. The number of nitrogens with one attached hydrogen (secondary N) is 1. The van der Waals surface area contributed by atoms with Gasteiger partial charge < -0.3 is 5.32 Å². The third kappa shape index (κ3) is 3.84. The van der Waals surface area contributed by atoms with Gasteiger partial charge in [0.1, 0.15) is 0 Å². The number of pyridine rings is 1.